The number of halogens is 3. The van der Waals surface area contributed by atoms with E-state index < -0.39 is 69.8 Å². The number of nitro groups is 2. The van der Waals surface area contributed by atoms with E-state index in [4.69, 9.17) is 27.9 Å². The van der Waals surface area contributed by atoms with Gasteiger partial charge in [-0.15, -0.1) is 0 Å². The predicted octanol–water partition coefficient (Wildman–Crippen LogP) is 6.64. The molecule has 4 rings (SSSR count). The number of methoxy groups -OCH3 is 1. The van der Waals surface area contributed by atoms with Gasteiger partial charge in [0.25, 0.3) is 5.69 Å². The molecule has 5 atom stereocenters. The van der Waals surface area contributed by atoms with Gasteiger partial charge in [-0.1, -0.05) is 55.2 Å². The van der Waals surface area contributed by atoms with Crippen LogP contribution in [0, 0.1) is 45.8 Å². The number of anilines is 1. The smallest absolute Gasteiger partial charge is 0.338 e. The number of nitrogens with one attached hydrogen (secondary N) is 1. The normalized spacial score (nSPS) is 20.0. The molecule has 1 heterocycles. The van der Waals surface area contributed by atoms with E-state index >= 15 is 4.39 Å². The number of nitrogens with zero attached hydrogens (tertiary/aromatic N) is 3. The largest absolute Gasteiger partial charge is 0.465 e. The van der Waals surface area contributed by atoms with Crippen LogP contribution < -0.4 is 5.32 Å². The number of carbonyl (C=O) groups is 2. The fraction of sp³-hybridized carbons (Fsp3) is 0.394. The highest BCUT2D eigenvalue weighted by Gasteiger charge is 2.59. The van der Waals surface area contributed by atoms with E-state index in [0.717, 1.165) is 13.2 Å². The number of benzene rings is 3. The molecule has 0 saturated carbocycles. The molecule has 0 bridgehead atoms. The Morgan fingerprint density at radius 2 is 1.77 bits per heavy atom. The Kier molecular flexibility index (Phi) is 11.4. The van der Waals surface area contributed by atoms with Gasteiger partial charge in [-0.25, -0.2) is 9.18 Å². The van der Waals surface area contributed by atoms with Crippen molar-refractivity contribution in [3.8, 4) is 0 Å². The van der Waals surface area contributed by atoms with Crippen molar-refractivity contribution in [2.75, 3.05) is 19.0 Å². The first kappa shape index (κ1) is 36.7. The molecule has 1 amide bonds. The van der Waals surface area contributed by atoms with E-state index in [9.17, 15) is 34.9 Å². The van der Waals surface area contributed by atoms with Crippen molar-refractivity contribution in [3.05, 3.63) is 112 Å². The van der Waals surface area contributed by atoms with E-state index in [1.807, 2.05) is 13.8 Å². The molecule has 48 heavy (non-hydrogen) atoms. The standard InChI is InChI=1S/C33H35Cl2FN4O8/c1-16(2)15-38-26(14-27(41)22-11-18(4)21(33(43)48-5)13-25(22)39(44)45)30(40(46)47)28(20-7-6-8-23(35)29(20)36)31(38)32(42)37-24-12-19(34)10-9-17(24)3/h6-13,16,26-28,30-31,41H,14-15H2,1-5H3,(H,37,42)/t26-,27?,28-,30+,31+/m0/s1. The minimum Gasteiger partial charge on any atom is -0.465 e. The Morgan fingerprint density at radius 3 is 2.38 bits per heavy atom. The molecule has 12 nitrogen and oxygen atoms in total. The Bertz CT molecular complexity index is 1760. The molecule has 0 radical (unpaired) electrons. The number of ether oxygens (including phenoxy) is 1. The highest BCUT2D eigenvalue weighted by molar-refractivity contribution is 6.31. The molecule has 256 valence electrons. The molecule has 1 saturated heterocycles. The Labute approximate surface area is 286 Å². The molecule has 3 aromatic rings. The fourth-order valence-corrected chi connectivity index (χ4v) is 6.82. The van der Waals surface area contributed by atoms with E-state index in [2.05, 4.69) is 5.32 Å². The topological polar surface area (TPSA) is 165 Å². The highest BCUT2D eigenvalue weighted by Crippen LogP contribution is 2.45. The van der Waals surface area contributed by atoms with Gasteiger partial charge in [0.15, 0.2) is 0 Å². The van der Waals surface area contributed by atoms with Gasteiger partial charge in [-0.2, -0.15) is 0 Å². The number of aryl methyl sites for hydroxylation is 2. The lowest BCUT2D eigenvalue weighted by molar-refractivity contribution is -0.528. The summed E-state index contributed by atoms with van der Waals surface area (Å²) >= 11 is 12.3. The van der Waals surface area contributed by atoms with Crippen LogP contribution in [0.15, 0.2) is 48.5 Å². The van der Waals surface area contributed by atoms with E-state index in [0.29, 0.717) is 16.3 Å². The van der Waals surface area contributed by atoms with Crippen LogP contribution in [0.5, 0.6) is 0 Å². The summed E-state index contributed by atoms with van der Waals surface area (Å²) in [5.41, 5.74) is 0.235. The first-order valence-electron chi connectivity index (χ1n) is 15.0. The van der Waals surface area contributed by atoms with Gasteiger partial charge in [-0.3, -0.25) is 29.9 Å². The maximum Gasteiger partial charge on any atom is 0.338 e. The molecule has 1 aliphatic heterocycles. The zero-order chi connectivity index (χ0) is 35.6. The molecule has 2 N–H and O–H groups in total. The molecule has 0 aromatic heterocycles. The lowest BCUT2D eigenvalue weighted by Crippen LogP contribution is -2.47. The minimum atomic E-state index is -1.67. The van der Waals surface area contributed by atoms with Gasteiger partial charge in [0, 0.05) is 33.8 Å². The summed E-state index contributed by atoms with van der Waals surface area (Å²) < 4.78 is 20.5. The van der Waals surface area contributed by atoms with Crippen LogP contribution in [-0.4, -0.2) is 63.5 Å². The number of rotatable bonds is 11. The third-order valence-electron chi connectivity index (χ3n) is 8.57. The summed E-state index contributed by atoms with van der Waals surface area (Å²) in [4.78, 5) is 51.8. The highest BCUT2D eigenvalue weighted by atomic mass is 35.5. The molecular formula is C33H35Cl2FN4O8. The number of aliphatic hydroxyl groups excluding tert-OH is 1. The van der Waals surface area contributed by atoms with Crippen LogP contribution in [-0.2, 0) is 9.53 Å². The first-order valence-corrected chi connectivity index (χ1v) is 15.8. The molecule has 1 fully saturated rings. The van der Waals surface area contributed by atoms with Gasteiger partial charge in [0.1, 0.15) is 11.9 Å². The Hall–Kier alpha value is -4.17. The van der Waals surface area contributed by atoms with E-state index in [-0.39, 0.29) is 39.7 Å². The molecule has 0 spiro atoms. The number of hydrogen-bond acceptors (Lipinski definition) is 9. The quantitative estimate of drug-likeness (QED) is 0.126. The summed E-state index contributed by atoms with van der Waals surface area (Å²) in [5.74, 6) is -3.99. The van der Waals surface area contributed by atoms with Crippen molar-refractivity contribution < 1.29 is 33.7 Å². The summed E-state index contributed by atoms with van der Waals surface area (Å²) in [6, 6.07) is 6.90. The molecule has 0 aliphatic carbocycles. The van der Waals surface area contributed by atoms with Crippen LogP contribution in [0.3, 0.4) is 0 Å². The average molecular weight is 706 g/mol. The lowest BCUT2D eigenvalue weighted by Gasteiger charge is -2.32. The predicted molar refractivity (Wildman–Crippen MR) is 178 cm³/mol. The van der Waals surface area contributed by atoms with E-state index in [1.165, 1.54) is 37.3 Å². The number of nitro benzene ring substituents is 1. The summed E-state index contributed by atoms with van der Waals surface area (Å²) in [5, 5.41) is 39.5. The third kappa shape index (κ3) is 7.44. The minimum absolute atomic E-state index is 0.0878. The van der Waals surface area contributed by atoms with Crippen LogP contribution in [0.2, 0.25) is 10.0 Å². The van der Waals surface area contributed by atoms with Crippen LogP contribution in [0.1, 0.15) is 64.9 Å². The summed E-state index contributed by atoms with van der Waals surface area (Å²) in [6.45, 7) is 7.01. The number of hydrogen-bond donors (Lipinski definition) is 2. The van der Waals surface area contributed by atoms with Crippen LogP contribution >= 0.6 is 23.2 Å². The number of aliphatic hydroxyl groups is 1. The zero-order valence-electron chi connectivity index (χ0n) is 26.8. The summed E-state index contributed by atoms with van der Waals surface area (Å²) in [7, 11) is 1.12. The number of likely N-dealkylation sites (tertiary alicyclic amines) is 1. The Morgan fingerprint density at radius 1 is 1.08 bits per heavy atom. The maximum absolute atomic E-state index is 15.7. The van der Waals surface area contributed by atoms with Crippen molar-refractivity contribution in [2.24, 2.45) is 5.92 Å². The van der Waals surface area contributed by atoms with Crippen LogP contribution in [0.25, 0.3) is 0 Å². The monoisotopic (exact) mass is 704 g/mol. The maximum atomic E-state index is 15.7. The SMILES string of the molecule is COC(=O)c1cc([N+](=O)[O-])c(C(O)C[C@H]2[C@@H]([N+](=O)[O-])[C@H](c3cccc(Cl)c3F)[C@H](C(=O)Nc3cc(Cl)ccc3C)N2CC(C)C)cc1C. The van der Waals surface area contributed by atoms with Crippen LogP contribution in [0.4, 0.5) is 15.8 Å². The van der Waals surface area contributed by atoms with Crippen molar-refractivity contribution in [1.29, 1.82) is 0 Å². The Balaban J connectivity index is 1.90. The second kappa shape index (κ2) is 14.9. The van der Waals surface area contributed by atoms with Crippen molar-refractivity contribution in [1.82, 2.24) is 4.90 Å². The molecule has 3 aromatic carbocycles. The van der Waals surface area contributed by atoms with Gasteiger partial charge in [0.2, 0.25) is 11.9 Å². The average Bonchev–Trinajstić information content (AvgIpc) is 3.32. The molecule has 1 aliphatic rings. The first-order chi connectivity index (χ1) is 22.6. The molecule has 15 heteroatoms. The zero-order valence-corrected chi connectivity index (χ0v) is 28.3. The van der Waals surface area contributed by atoms with Gasteiger partial charge in [0.05, 0.1) is 46.2 Å². The second-order valence-corrected chi connectivity index (χ2v) is 13.1. The van der Waals surface area contributed by atoms with Gasteiger partial charge in [-0.05, 0) is 61.6 Å². The van der Waals surface area contributed by atoms with E-state index in [1.54, 1.807) is 24.0 Å². The lowest BCUT2D eigenvalue weighted by atomic mass is 9.84. The molecule has 1 unspecified atom stereocenters. The number of esters is 1. The summed E-state index contributed by atoms with van der Waals surface area (Å²) in [6.07, 6.45) is -2.12. The third-order valence-corrected chi connectivity index (χ3v) is 9.10. The second-order valence-electron chi connectivity index (χ2n) is 12.2. The van der Waals surface area contributed by atoms with Crippen molar-refractivity contribution in [2.45, 2.75) is 64.3 Å². The van der Waals surface area contributed by atoms with Crippen molar-refractivity contribution in [3.63, 3.8) is 0 Å². The number of carbonyl (C=O) groups excluding carboxylic acids is 2. The number of amides is 1. The van der Waals surface area contributed by atoms with Gasteiger partial charge >= 0.3 is 5.97 Å². The van der Waals surface area contributed by atoms with Gasteiger partial charge < -0.3 is 15.2 Å². The van der Waals surface area contributed by atoms with Crippen molar-refractivity contribution >= 4 is 46.5 Å². The fourth-order valence-electron chi connectivity index (χ4n) is 6.46. The molecular weight excluding hydrogens is 670 g/mol.